The second kappa shape index (κ2) is 6.86. The average Bonchev–Trinajstić information content (AvgIpc) is 2.31. The van der Waals surface area contributed by atoms with E-state index < -0.39 is 10.0 Å². The molecule has 1 aromatic carbocycles. The van der Waals surface area contributed by atoms with Crippen LogP contribution in [0, 0.1) is 0 Å². The van der Waals surface area contributed by atoms with Gasteiger partial charge in [-0.05, 0) is 12.1 Å². The molecule has 1 saturated heterocycles. The molecule has 0 amide bonds. The molecule has 0 saturated carbocycles. The summed E-state index contributed by atoms with van der Waals surface area (Å²) in [7, 11) is -1.39. The highest BCUT2D eigenvalue weighted by Gasteiger charge is 2.25. The SMILES string of the molecule is Bc1ccc(S(=O)(=O)N2CCOCC2)cc1.O.O. The average molecular weight is 275 g/mol. The third-order valence-electron chi connectivity index (χ3n) is 2.63. The standard InChI is InChI=1S/C10H14BNO3S.2H2O/c11-9-1-3-10(4-2-9)16(13,14)12-5-7-15-8-6-12;;/h1-4H,5-8,11H2;2*1H2. The van der Waals surface area contributed by atoms with Gasteiger partial charge in [-0.2, -0.15) is 4.31 Å². The number of ether oxygens (including phenoxy) is 1. The Labute approximate surface area is 108 Å². The van der Waals surface area contributed by atoms with Crippen molar-refractivity contribution in [3.63, 3.8) is 0 Å². The first kappa shape index (κ1) is 17.1. The van der Waals surface area contributed by atoms with Gasteiger partial charge in [-0.15, -0.1) is 0 Å². The smallest absolute Gasteiger partial charge is 0.243 e. The Balaban J connectivity index is 0.00000144. The molecular formula is C10H18BNO5S. The molecule has 6 nitrogen and oxygen atoms in total. The van der Waals surface area contributed by atoms with Crippen molar-refractivity contribution in [3.05, 3.63) is 24.3 Å². The lowest BCUT2D eigenvalue weighted by Crippen LogP contribution is -2.40. The van der Waals surface area contributed by atoms with E-state index >= 15 is 0 Å². The minimum absolute atomic E-state index is 0. The van der Waals surface area contributed by atoms with Gasteiger partial charge in [0, 0.05) is 13.1 Å². The molecule has 8 heteroatoms. The fourth-order valence-electron chi connectivity index (χ4n) is 1.65. The lowest BCUT2D eigenvalue weighted by Gasteiger charge is -2.26. The van der Waals surface area contributed by atoms with Crippen LogP contribution in [0.1, 0.15) is 0 Å². The first-order valence-electron chi connectivity index (χ1n) is 5.25. The van der Waals surface area contributed by atoms with E-state index in [1.165, 1.54) is 4.31 Å². The second-order valence-electron chi connectivity index (χ2n) is 3.83. The van der Waals surface area contributed by atoms with Gasteiger partial charge >= 0.3 is 0 Å². The molecule has 1 aromatic rings. The molecule has 102 valence electrons. The largest absolute Gasteiger partial charge is 0.412 e. The third-order valence-corrected chi connectivity index (χ3v) is 4.54. The van der Waals surface area contributed by atoms with E-state index in [-0.39, 0.29) is 11.0 Å². The zero-order valence-corrected chi connectivity index (χ0v) is 11.0. The van der Waals surface area contributed by atoms with Crippen molar-refractivity contribution in [2.75, 3.05) is 26.3 Å². The van der Waals surface area contributed by atoms with Crippen molar-refractivity contribution >= 4 is 23.3 Å². The maximum absolute atomic E-state index is 12.2. The zero-order chi connectivity index (χ0) is 11.6. The number of morpholine rings is 1. The Bertz CT molecular complexity index is 456. The molecule has 1 aliphatic rings. The topological polar surface area (TPSA) is 110 Å². The van der Waals surface area contributed by atoms with Crippen LogP contribution in [-0.4, -0.2) is 57.8 Å². The van der Waals surface area contributed by atoms with Gasteiger partial charge in [-0.1, -0.05) is 17.6 Å². The van der Waals surface area contributed by atoms with E-state index in [4.69, 9.17) is 4.74 Å². The minimum atomic E-state index is -3.33. The summed E-state index contributed by atoms with van der Waals surface area (Å²) in [6, 6.07) is 6.93. The summed E-state index contributed by atoms with van der Waals surface area (Å²) in [5.41, 5.74) is 1.06. The van der Waals surface area contributed by atoms with Crippen molar-refractivity contribution < 1.29 is 24.1 Å². The highest BCUT2D eigenvalue weighted by Crippen LogP contribution is 2.15. The summed E-state index contributed by atoms with van der Waals surface area (Å²) in [4.78, 5) is 0.361. The van der Waals surface area contributed by atoms with Crippen LogP contribution in [-0.2, 0) is 14.8 Å². The quantitative estimate of drug-likeness (QED) is 0.548. The van der Waals surface area contributed by atoms with Crippen LogP contribution >= 0.6 is 0 Å². The molecule has 0 bridgehead atoms. The number of rotatable bonds is 2. The van der Waals surface area contributed by atoms with Crippen molar-refractivity contribution in [1.29, 1.82) is 0 Å². The van der Waals surface area contributed by atoms with Crippen molar-refractivity contribution in [3.8, 4) is 0 Å². The van der Waals surface area contributed by atoms with Crippen LogP contribution in [0.15, 0.2) is 29.2 Å². The maximum Gasteiger partial charge on any atom is 0.243 e. The molecule has 18 heavy (non-hydrogen) atoms. The molecule has 1 fully saturated rings. The summed E-state index contributed by atoms with van der Waals surface area (Å²) < 4.78 is 31.0. The minimum Gasteiger partial charge on any atom is -0.412 e. The summed E-state index contributed by atoms with van der Waals surface area (Å²) in [6.45, 7) is 1.84. The first-order valence-corrected chi connectivity index (χ1v) is 6.69. The van der Waals surface area contributed by atoms with Crippen LogP contribution in [0.4, 0.5) is 0 Å². The molecule has 0 aliphatic carbocycles. The van der Waals surface area contributed by atoms with Crippen LogP contribution < -0.4 is 5.46 Å². The molecule has 0 aromatic heterocycles. The predicted molar refractivity (Wildman–Crippen MR) is 71.4 cm³/mol. The number of hydrogen-bond acceptors (Lipinski definition) is 3. The monoisotopic (exact) mass is 275 g/mol. The van der Waals surface area contributed by atoms with E-state index in [1.807, 2.05) is 20.0 Å². The van der Waals surface area contributed by atoms with Gasteiger partial charge in [-0.25, -0.2) is 8.42 Å². The van der Waals surface area contributed by atoms with Gasteiger partial charge in [0.2, 0.25) is 10.0 Å². The normalized spacial score (nSPS) is 16.4. The highest BCUT2D eigenvalue weighted by atomic mass is 32.2. The first-order chi connectivity index (χ1) is 7.60. The van der Waals surface area contributed by atoms with Gasteiger partial charge in [0.25, 0.3) is 0 Å². The van der Waals surface area contributed by atoms with Gasteiger partial charge in [0.05, 0.1) is 18.1 Å². The lowest BCUT2D eigenvalue weighted by molar-refractivity contribution is 0.0730. The number of benzene rings is 1. The van der Waals surface area contributed by atoms with Crippen LogP contribution in [0.3, 0.4) is 0 Å². The molecule has 0 spiro atoms. The number of sulfonamides is 1. The van der Waals surface area contributed by atoms with E-state index in [0.29, 0.717) is 31.2 Å². The second-order valence-corrected chi connectivity index (χ2v) is 5.77. The zero-order valence-electron chi connectivity index (χ0n) is 10.2. The summed E-state index contributed by atoms with van der Waals surface area (Å²) >= 11 is 0. The third kappa shape index (κ3) is 3.53. The molecule has 1 heterocycles. The van der Waals surface area contributed by atoms with Crippen LogP contribution in [0.25, 0.3) is 0 Å². The maximum atomic E-state index is 12.2. The molecule has 1 aliphatic heterocycles. The molecular weight excluding hydrogens is 257 g/mol. The Morgan fingerprint density at radius 2 is 1.56 bits per heavy atom. The van der Waals surface area contributed by atoms with Gasteiger partial charge in [0.1, 0.15) is 7.85 Å². The van der Waals surface area contributed by atoms with E-state index in [9.17, 15) is 8.42 Å². The molecule has 0 radical (unpaired) electrons. The summed E-state index contributed by atoms with van der Waals surface area (Å²) in [5, 5.41) is 0. The number of hydrogen-bond donors (Lipinski definition) is 0. The van der Waals surface area contributed by atoms with E-state index in [2.05, 4.69) is 0 Å². The van der Waals surface area contributed by atoms with Crippen LogP contribution in [0.2, 0.25) is 0 Å². The Kier molecular flexibility index (Phi) is 6.51. The van der Waals surface area contributed by atoms with E-state index in [0.717, 1.165) is 5.46 Å². The van der Waals surface area contributed by atoms with Crippen molar-refractivity contribution in [2.45, 2.75) is 4.90 Å². The molecule has 2 rings (SSSR count). The Morgan fingerprint density at radius 1 is 1.06 bits per heavy atom. The van der Waals surface area contributed by atoms with Crippen molar-refractivity contribution in [2.24, 2.45) is 0 Å². The fraction of sp³-hybridized carbons (Fsp3) is 0.400. The molecule has 0 atom stereocenters. The lowest BCUT2D eigenvalue weighted by atomic mass is 9.97. The van der Waals surface area contributed by atoms with Gasteiger partial charge < -0.3 is 15.7 Å². The Morgan fingerprint density at radius 3 is 2.06 bits per heavy atom. The van der Waals surface area contributed by atoms with E-state index in [1.54, 1.807) is 12.1 Å². The van der Waals surface area contributed by atoms with Crippen molar-refractivity contribution in [1.82, 2.24) is 4.31 Å². The summed E-state index contributed by atoms with van der Waals surface area (Å²) in [5.74, 6) is 0. The predicted octanol–water partition coefficient (Wildman–Crippen LogP) is -2.68. The highest BCUT2D eigenvalue weighted by molar-refractivity contribution is 7.89. The molecule has 4 N–H and O–H groups in total. The van der Waals surface area contributed by atoms with Gasteiger partial charge in [-0.3, -0.25) is 0 Å². The summed E-state index contributed by atoms with van der Waals surface area (Å²) in [6.07, 6.45) is 0. The van der Waals surface area contributed by atoms with Crippen LogP contribution in [0.5, 0.6) is 0 Å². The molecule has 0 unspecified atom stereocenters. The number of nitrogens with zero attached hydrogens (tertiary/aromatic N) is 1. The Hall–Kier alpha value is -0.925. The fourth-order valence-corrected chi connectivity index (χ4v) is 3.05. The van der Waals surface area contributed by atoms with Gasteiger partial charge in [0.15, 0.2) is 0 Å².